The second-order valence-electron chi connectivity index (χ2n) is 6.08. The van der Waals surface area contributed by atoms with Crippen LogP contribution in [-0.2, 0) is 0 Å². The molecule has 1 atom stereocenters. The van der Waals surface area contributed by atoms with Crippen molar-refractivity contribution in [3.05, 3.63) is 29.3 Å². The molecule has 0 saturated heterocycles. The third kappa shape index (κ3) is 3.99. The Morgan fingerprint density at radius 2 is 2.00 bits per heavy atom. The molecule has 1 fully saturated rings. The molecule has 0 heterocycles. The summed E-state index contributed by atoms with van der Waals surface area (Å²) in [6, 6.07) is 7.12. The predicted molar refractivity (Wildman–Crippen MR) is 85.3 cm³/mol. The van der Waals surface area contributed by atoms with E-state index in [0.717, 1.165) is 18.2 Å². The number of ether oxygens (including phenoxy) is 1. The minimum Gasteiger partial charge on any atom is -0.496 e. The summed E-state index contributed by atoms with van der Waals surface area (Å²) in [5, 5.41) is 3.66. The molecule has 0 aliphatic heterocycles. The number of hydrogen-bond acceptors (Lipinski definition) is 2. The highest BCUT2D eigenvalue weighted by Crippen LogP contribution is 2.33. The van der Waals surface area contributed by atoms with Crippen LogP contribution in [0.5, 0.6) is 5.75 Å². The van der Waals surface area contributed by atoms with E-state index < -0.39 is 0 Å². The summed E-state index contributed by atoms with van der Waals surface area (Å²) in [5.74, 6) is 1.90. The van der Waals surface area contributed by atoms with E-state index in [-0.39, 0.29) is 0 Å². The van der Waals surface area contributed by atoms with E-state index in [0.29, 0.717) is 6.04 Å². The van der Waals surface area contributed by atoms with Gasteiger partial charge in [-0.3, -0.25) is 0 Å². The molecule has 1 N–H and O–H groups in total. The van der Waals surface area contributed by atoms with Crippen molar-refractivity contribution < 1.29 is 4.74 Å². The molecule has 1 aromatic rings. The zero-order valence-corrected chi connectivity index (χ0v) is 13.2. The number of methoxy groups -OCH3 is 1. The molecule has 1 saturated carbocycles. The number of hydrogen-bond donors (Lipinski definition) is 1. The van der Waals surface area contributed by atoms with Crippen LogP contribution in [0.3, 0.4) is 0 Å². The van der Waals surface area contributed by atoms with Crippen molar-refractivity contribution in [2.45, 2.75) is 58.4 Å². The van der Waals surface area contributed by atoms with Crippen LogP contribution >= 0.6 is 0 Å². The van der Waals surface area contributed by atoms with Crippen LogP contribution in [0.25, 0.3) is 0 Å². The Kier molecular flexibility index (Phi) is 5.90. The third-order valence-corrected chi connectivity index (χ3v) is 4.58. The minimum absolute atomic E-state index is 0.470. The number of nitrogens with one attached hydrogen (secondary N) is 1. The van der Waals surface area contributed by atoms with Crippen molar-refractivity contribution in [1.29, 1.82) is 0 Å². The van der Waals surface area contributed by atoms with Gasteiger partial charge in [0, 0.05) is 6.04 Å². The highest BCUT2D eigenvalue weighted by Gasteiger charge is 2.20. The molecule has 1 aromatic carbocycles. The Bertz CT molecular complexity index is 410. The summed E-state index contributed by atoms with van der Waals surface area (Å²) < 4.78 is 5.48. The normalized spacial score (nSPS) is 17.9. The maximum atomic E-state index is 5.48. The largest absolute Gasteiger partial charge is 0.496 e. The van der Waals surface area contributed by atoms with Gasteiger partial charge in [0.2, 0.25) is 0 Å². The van der Waals surface area contributed by atoms with Crippen LogP contribution in [0.2, 0.25) is 0 Å². The molecule has 0 radical (unpaired) electrons. The molecule has 0 bridgehead atoms. The molecule has 2 nitrogen and oxygen atoms in total. The number of benzene rings is 1. The molecule has 1 aliphatic carbocycles. The van der Waals surface area contributed by atoms with Crippen LogP contribution in [0, 0.1) is 12.8 Å². The maximum Gasteiger partial charge on any atom is 0.122 e. The van der Waals surface area contributed by atoms with Crippen molar-refractivity contribution in [1.82, 2.24) is 5.32 Å². The van der Waals surface area contributed by atoms with Crippen molar-refractivity contribution in [2.24, 2.45) is 5.92 Å². The average Bonchev–Trinajstić information content (AvgIpc) is 2.48. The fourth-order valence-corrected chi connectivity index (χ4v) is 3.39. The summed E-state index contributed by atoms with van der Waals surface area (Å²) in [4.78, 5) is 0. The van der Waals surface area contributed by atoms with Gasteiger partial charge in [-0.25, -0.2) is 0 Å². The fourth-order valence-electron chi connectivity index (χ4n) is 3.39. The van der Waals surface area contributed by atoms with Gasteiger partial charge in [-0.05, 0) is 43.0 Å². The molecular formula is C18H29NO. The van der Waals surface area contributed by atoms with Gasteiger partial charge in [-0.15, -0.1) is 0 Å². The zero-order valence-electron chi connectivity index (χ0n) is 13.2. The van der Waals surface area contributed by atoms with E-state index in [9.17, 15) is 0 Å². The summed E-state index contributed by atoms with van der Waals surface area (Å²) in [6.07, 6.45) is 8.35. The lowest BCUT2D eigenvalue weighted by Crippen LogP contribution is -2.24. The van der Waals surface area contributed by atoms with Gasteiger partial charge < -0.3 is 10.1 Å². The van der Waals surface area contributed by atoms with Crippen molar-refractivity contribution >= 4 is 0 Å². The topological polar surface area (TPSA) is 21.3 Å². The molecule has 1 unspecified atom stereocenters. The summed E-state index contributed by atoms with van der Waals surface area (Å²) in [7, 11) is 1.76. The monoisotopic (exact) mass is 275 g/mol. The first-order valence-corrected chi connectivity index (χ1v) is 8.12. The number of aryl methyl sites for hydroxylation is 1. The first-order valence-electron chi connectivity index (χ1n) is 8.12. The summed E-state index contributed by atoms with van der Waals surface area (Å²) >= 11 is 0. The van der Waals surface area contributed by atoms with Gasteiger partial charge in [0.05, 0.1) is 7.11 Å². The minimum atomic E-state index is 0.470. The van der Waals surface area contributed by atoms with Crippen LogP contribution in [0.15, 0.2) is 18.2 Å². The van der Waals surface area contributed by atoms with Crippen molar-refractivity contribution in [2.75, 3.05) is 13.7 Å². The second kappa shape index (κ2) is 7.68. The first kappa shape index (κ1) is 15.4. The lowest BCUT2D eigenvalue weighted by Gasteiger charge is -2.27. The van der Waals surface area contributed by atoms with E-state index in [1.807, 2.05) is 0 Å². The van der Waals surface area contributed by atoms with Crippen molar-refractivity contribution in [3.63, 3.8) is 0 Å². The van der Waals surface area contributed by atoms with Gasteiger partial charge in [0.25, 0.3) is 0 Å². The van der Waals surface area contributed by atoms with Gasteiger partial charge in [0.15, 0.2) is 0 Å². The van der Waals surface area contributed by atoms with E-state index in [1.54, 1.807) is 7.11 Å². The smallest absolute Gasteiger partial charge is 0.122 e. The van der Waals surface area contributed by atoms with Crippen LogP contribution < -0.4 is 10.1 Å². The van der Waals surface area contributed by atoms with Gasteiger partial charge in [-0.2, -0.15) is 0 Å². The predicted octanol–water partition coefficient (Wildman–Crippen LogP) is 4.62. The SMILES string of the molecule is CCNC(CC1CCCCC1)c1ccc(C)c(OC)c1. The zero-order chi connectivity index (χ0) is 14.4. The average molecular weight is 275 g/mol. The number of rotatable bonds is 6. The van der Waals surface area contributed by atoms with E-state index in [4.69, 9.17) is 4.74 Å². The van der Waals surface area contributed by atoms with E-state index in [1.165, 1.54) is 49.7 Å². The molecule has 112 valence electrons. The van der Waals surface area contributed by atoms with E-state index in [2.05, 4.69) is 37.4 Å². The van der Waals surface area contributed by atoms with Gasteiger partial charge in [0.1, 0.15) is 5.75 Å². The molecular weight excluding hydrogens is 246 g/mol. The Labute approximate surface area is 123 Å². The van der Waals surface area contributed by atoms with Gasteiger partial charge in [-0.1, -0.05) is 51.2 Å². The van der Waals surface area contributed by atoms with Gasteiger partial charge >= 0.3 is 0 Å². The second-order valence-corrected chi connectivity index (χ2v) is 6.08. The van der Waals surface area contributed by atoms with Crippen LogP contribution in [0.4, 0.5) is 0 Å². The fraction of sp³-hybridized carbons (Fsp3) is 0.667. The van der Waals surface area contributed by atoms with Crippen LogP contribution in [-0.4, -0.2) is 13.7 Å². The third-order valence-electron chi connectivity index (χ3n) is 4.58. The molecule has 0 aromatic heterocycles. The Morgan fingerprint density at radius 3 is 2.65 bits per heavy atom. The lowest BCUT2D eigenvalue weighted by molar-refractivity contribution is 0.301. The van der Waals surface area contributed by atoms with Crippen molar-refractivity contribution in [3.8, 4) is 5.75 Å². The quantitative estimate of drug-likeness (QED) is 0.817. The van der Waals surface area contributed by atoms with Crippen LogP contribution in [0.1, 0.15) is 62.6 Å². The standard InChI is InChI=1S/C18H29NO/c1-4-19-17(12-15-8-6-5-7-9-15)16-11-10-14(2)18(13-16)20-3/h10-11,13,15,17,19H,4-9,12H2,1-3H3. The molecule has 20 heavy (non-hydrogen) atoms. The molecule has 2 rings (SSSR count). The first-order chi connectivity index (χ1) is 9.74. The Hall–Kier alpha value is -1.02. The molecule has 2 heteroatoms. The molecule has 1 aliphatic rings. The highest BCUT2D eigenvalue weighted by atomic mass is 16.5. The molecule has 0 spiro atoms. The summed E-state index contributed by atoms with van der Waals surface area (Å²) in [5.41, 5.74) is 2.59. The Balaban J connectivity index is 2.10. The maximum absolute atomic E-state index is 5.48. The molecule has 0 amide bonds. The lowest BCUT2D eigenvalue weighted by atomic mass is 9.83. The Morgan fingerprint density at radius 1 is 1.25 bits per heavy atom. The highest BCUT2D eigenvalue weighted by molar-refractivity contribution is 5.37. The summed E-state index contributed by atoms with van der Waals surface area (Å²) in [6.45, 7) is 5.32. The van der Waals surface area contributed by atoms with E-state index >= 15 is 0 Å².